The fourth-order valence-corrected chi connectivity index (χ4v) is 2.85. The smallest absolute Gasteiger partial charge is 0.123 e. The standard InChI is InChI=1S/C14H16ClNOS/c1-10-5-6-18-14(10)9-16-8-11-7-12(15)3-4-13(11)17-2/h3-7,16H,8-9H2,1-2H3. The molecule has 1 heterocycles. The Kier molecular flexibility index (Phi) is 4.64. The van der Waals surface area contributed by atoms with Crippen LogP contribution in [0.1, 0.15) is 16.0 Å². The van der Waals surface area contributed by atoms with E-state index in [0.717, 1.165) is 29.4 Å². The van der Waals surface area contributed by atoms with Crippen molar-refractivity contribution in [2.75, 3.05) is 7.11 Å². The van der Waals surface area contributed by atoms with Crippen LogP contribution in [0.2, 0.25) is 5.02 Å². The molecule has 1 N–H and O–H groups in total. The molecule has 0 aliphatic rings. The van der Waals surface area contributed by atoms with Gasteiger partial charge in [-0.3, -0.25) is 0 Å². The minimum Gasteiger partial charge on any atom is -0.496 e. The highest BCUT2D eigenvalue weighted by molar-refractivity contribution is 7.10. The van der Waals surface area contributed by atoms with Gasteiger partial charge in [-0.15, -0.1) is 11.3 Å². The van der Waals surface area contributed by atoms with Crippen LogP contribution in [0, 0.1) is 6.92 Å². The summed E-state index contributed by atoms with van der Waals surface area (Å²) in [5.41, 5.74) is 2.42. The van der Waals surface area contributed by atoms with Crippen LogP contribution >= 0.6 is 22.9 Å². The van der Waals surface area contributed by atoms with Crippen molar-refractivity contribution in [1.82, 2.24) is 5.32 Å². The van der Waals surface area contributed by atoms with Crippen molar-refractivity contribution in [3.63, 3.8) is 0 Å². The number of benzene rings is 1. The molecule has 0 fully saturated rings. The number of methoxy groups -OCH3 is 1. The van der Waals surface area contributed by atoms with Gasteiger partial charge in [0.2, 0.25) is 0 Å². The van der Waals surface area contributed by atoms with E-state index in [-0.39, 0.29) is 0 Å². The fraction of sp³-hybridized carbons (Fsp3) is 0.286. The summed E-state index contributed by atoms with van der Waals surface area (Å²) >= 11 is 7.77. The predicted octanol–water partition coefficient (Wildman–Crippen LogP) is 4.01. The molecule has 96 valence electrons. The van der Waals surface area contributed by atoms with Crippen molar-refractivity contribution < 1.29 is 4.74 Å². The third-order valence-corrected chi connectivity index (χ3v) is 4.07. The van der Waals surface area contributed by atoms with Gasteiger partial charge < -0.3 is 10.1 Å². The maximum absolute atomic E-state index is 6.00. The third kappa shape index (κ3) is 3.25. The van der Waals surface area contributed by atoms with E-state index in [2.05, 4.69) is 23.7 Å². The summed E-state index contributed by atoms with van der Waals surface area (Å²) in [6.45, 7) is 3.76. The van der Waals surface area contributed by atoms with Crippen molar-refractivity contribution in [3.8, 4) is 5.75 Å². The molecule has 1 aromatic carbocycles. The number of ether oxygens (including phenoxy) is 1. The van der Waals surface area contributed by atoms with Crippen LogP contribution in [0.5, 0.6) is 5.75 Å². The summed E-state index contributed by atoms with van der Waals surface area (Å²) in [4.78, 5) is 1.37. The molecule has 0 aliphatic heterocycles. The molecule has 4 heteroatoms. The highest BCUT2D eigenvalue weighted by Gasteiger charge is 2.04. The van der Waals surface area contributed by atoms with Gasteiger partial charge in [-0.25, -0.2) is 0 Å². The van der Waals surface area contributed by atoms with Crippen molar-refractivity contribution in [3.05, 3.63) is 50.7 Å². The first-order valence-corrected chi connectivity index (χ1v) is 7.02. The Morgan fingerprint density at radius 2 is 2.11 bits per heavy atom. The molecule has 18 heavy (non-hydrogen) atoms. The fourth-order valence-electron chi connectivity index (χ4n) is 1.78. The van der Waals surface area contributed by atoms with E-state index < -0.39 is 0 Å². The largest absolute Gasteiger partial charge is 0.496 e. The lowest BCUT2D eigenvalue weighted by Gasteiger charge is -2.10. The summed E-state index contributed by atoms with van der Waals surface area (Å²) in [6, 6.07) is 7.82. The number of aryl methyl sites for hydroxylation is 1. The van der Waals surface area contributed by atoms with Crippen molar-refractivity contribution in [2.45, 2.75) is 20.0 Å². The molecule has 0 unspecified atom stereocenters. The second kappa shape index (κ2) is 6.23. The molecule has 1 aromatic heterocycles. The maximum Gasteiger partial charge on any atom is 0.123 e. The predicted molar refractivity (Wildman–Crippen MR) is 77.6 cm³/mol. The molecule has 0 atom stereocenters. The Bertz CT molecular complexity index is 524. The normalized spacial score (nSPS) is 10.6. The molecular formula is C14H16ClNOS. The number of rotatable bonds is 5. The molecule has 0 bridgehead atoms. The Morgan fingerprint density at radius 3 is 2.78 bits per heavy atom. The van der Waals surface area contributed by atoms with E-state index in [1.165, 1.54) is 10.4 Å². The number of nitrogens with one attached hydrogen (secondary N) is 1. The second-order valence-electron chi connectivity index (χ2n) is 4.09. The first-order valence-electron chi connectivity index (χ1n) is 5.77. The topological polar surface area (TPSA) is 21.3 Å². The molecule has 2 rings (SSSR count). The second-order valence-corrected chi connectivity index (χ2v) is 5.52. The summed E-state index contributed by atoms with van der Waals surface area (Å²) in [6.07, 6.45) is 0. The highest BCUT2D eigenvalue weighted by atomic mass is 35.5. The SMILES string of the molecule is COc1ccc(Cl)cc1CNCc1sccc1C. The molecule has 0 spiro atoms. The van der Waals surface area contributed by atoms with Crippen LogP contribution in [0.4, 0.5) is 0 Å². The van der Waals surface area contributed by atoms with E-state index in [0.29, 0.717) is 0 Å². The van der Waals surface area contributed by atoms with E-state index in [1.807, 2.05) is 18.2 Å². The number of hydrogen-bond donors (Lipinski definition) is 1. The zero-order valence-electron chi connectivity index (χ0n) is 10.5. The lowest BCUT2D eigenvalue weighted by molar-refractivity contribution is 0.407. The summed E-state index contributed by atoms with van der Waals surface area (Å²) in [5.74, 6) is 0.870. The summed E-state index contributed by atoms with van der Waals surface area (Å²) in [5, 5.41) is 6.27. The minimum atomic E-state index is 0.736. The van der Waals surface area contributed by atoms with Crippen molar-refractivity contribution in [2.24, 2.45) is 0 Å². The van der Waals surface area contributed by atoms with Crippen LogP contribution in [-0.2, 0) is 13.1 Å². The van der Waals surface area contributed by atoms with Crippen LogP contribution in [0.15, 0.2) is 29.6 Å². The van der Waals surface area contributed by atoms with Crippen LogP contribution in [0.25, 0.3) is 0 Å². The first-order chi connectivity index (χ1) is 8.70. The average Bonchev–Trinajstić information content (AvgIpc) is 2.76. The molecule has 2 nitrogen and oxygen atoms in total. The Balaban J connectivity index is 1.98. The van der Waals surface area contributed by atoms with Gasteiger partial charge in [-0.05, 0) is 42.1 Å². The zero-order chi connectivity index (χ0) is 13.0. The van der Waals surface area contributed by atoms with Gasteiger partial charge in [-0.1, -0.05) is 11.6 Å². The third-order valence-electron chi connectivity index (χ3n) is 2.81. The van der Waals surface area contributed by atoms with Gasteiger partial charge in [0.15, 0.2) is 0 Å². The van der Waals surface area contributed by atoms with Crippen LogP contribution in [-0.4, -0.2) is 7.11 Å². The zero-order valence-corrected chi connectivity index (χ0v) is 12.1. The van der Waals surface area contributed by atoms with E-state index in [1.54, 1.807) is 18.4 Å². The first kappa shape index (κ1) is 13.4. The van der Waals surface area contributed by atoms with Gasteiger partial charge >= 0.3 is 0 Å². The van der Waals surface area contributed by atoms with Gasteiger partial charge in [0.05, 0.1) is 7.11 Å². The number of thiophene rings is 1. The van der Waals surface area contributed by atoms with Gasteiger partial charge in [0.25, 0.3) is 0 Å². The molecular weight excluding hydrogens is 266 g/mol. The molecule has 0 saturated carbocycles. The van der Waals surface area contributed by atoms with Crippen molar-refractivity contribution in [1.29, 1.82) is 0 Å². The van der Waals surface area contributed by atoms with E-state index in [4.69, 9.17) is 16.3 Å². The van der Waals surface area contributed by atoms with Gasteiger partial charge in [-0.2, -0.15) is 0 Å². The Morgan fingerprint density at radius 1 is 1.28 bits per heavy atom. The molecule has 0 amide bonds. The molecule has 0 radical (unpaired) electrons. The highest BCUT2D eigenvalue weighted by Crippen LogP contribution is 2.22. The lowest BCUT2D eigenvalue weighted by atomic mass is 10.2. The van der Waals surface area contributed by atoms with E-state index >= 15 is 0 Å². The molecule has 0 aliphatic carbocycles. The van der Waals surface area contributed by atoms with Gasteiger partial charge in [0.1, 0.15) is 5.75 Å². The number of halogens is 1. The number of hydrogen-bond acceptors (Lipinski definition) is 3. The minimum absolute atomic E-state index is 0.736. The molecule has 0 saturated heterocycles. The van der Waals surface area contributed by atoms with E-state index in [9.17, 15) is 0 Å². The quantitative estimate of drug-likeness (QED) is 0.894. The average molecular weight is 282 g/mol. The summed E-state index contributed by atoms with van der Waals surface area (Å²) in [7, 11) is 1.68. The van der Waals surface area contributed by atoms with Crippen LogP contribution < -0.4 is 10.1 Å². The van der Waals surface area contributed by atoms with Crippen molar-refractivity contribution >= 4 is 22.9 Å². The monoisotopic (exact) mass is 281 g/mol. The maximum atomic E-state index is 6.00. The molecule has 2 aromatic rings. The van der Waals surface area contributed by atoms with Crippen LogP contribution in [0.3, 0.4) is 0 Å². The Labute approximate surface area is 117 Å². The Hall–Kier alpha value is -1.03. The lowest BCUT2D eigenvalue weighted by Crippen LogP contribution is -2.13. The summed E-state index contributed by atoms with van der Waals surface area (Å²) < 4.78 is 5.32. The van der Waals surface area contributed by atoms with Gasteiger partial charge in [0, 0.05) is 28.6 Å².